The molecule has 1 fully saturated rings. The first-order valence-electron chi connectivity index (χ1n) is 14.7. The van der Waals surface area contributed by atoms with E-state index in [9.17, 15) is 38.7 Å². The lowest BCUT2D eigenvalue weighted by Gasteiger charge is -2.19. The Morgan fingerprint density at radius 3 is 2.18 bits per heavy atom. The number of benzene rings is 1. The molecule has 5 rings (SSSR count). The minimum atomic E-state index is -1.40. The second kappa shape index (κ2) is 14.5. The van der Waals surface area contributed by atoms with E-state index in [4.69, 9.17) is 29.4 Å². The molecule has 264 valence electrons. The van der Waals surface area contributed by atoms with Crippen molar-refractivity contribution in [2.45, 2.75) is 0 Å². The number of pyridine rings is 2. The van der Waals surface area contributed by atoms with E-state index in [0.717, 1.165) is 10.9 Å². The van der Waals surface area contributed by atoms with E-state index in [1.165, 1.54) is 28.8 Å². The lowest BCUT2D eigenvalue weighted by atomic mass is 10.1. The van der Waals surface area contributed by atoms with E-state index >= 15 is 0 Å². The number of para-hydroxylation sites is 1. The summed E-state index contributed by atoms with van der Waals surface area (Å²) in [7, 11) is 1.42. The summed E-state index contributed by atoms with van der Waals surface area (Å²) < 4.78 is 13.4. The largest absolute Gasteiger partial charge is 0.506 e. The number of amides is 3. The molecule has 1 aliphatic heterocycles. The molecule has 4 heterocycles. The first-order valence-corrected chi connectivity index (χ1v) is 14.7. The lowest BCUT2D eigenvalue weighted by molar-refractivity contribution is -0.136. The fourth-order valence-electron chi connectivity index (χ4n) is 4.99. The standard InChI is InChI=1S/C29H29N7O14/c1-33-26-16(12-32-33)22(41)20(24(42)30-13-18(37)38)27(44)36(26)50-11-10-47-23-15-4-2-3-5-17(15)35(49-9-7-34-6-8-48-29(34)46)28(45)21(23)25(43)31-14-19(39)40/h2-5,12,41H,6-11,13-14H2,1H3,(H,30,42)(H,31,43)(H,37,38)(H,39,40). The third-order valence-electron chi connectivity index (χ3n) is 7.21. The number of carbonyl (C=O) groups excluding carboxylic acids is 3. The van der Waals surface area contributed by atoms with Gasteiger partial charge in [-0.3, -0.25) is 28.8 Å². The van der Waals surface area contributed by atoms with Crippen LogP contribution in [-0.4, -0.2) is 122 Å². The average Bonchev–Trinajstić information content (AvgIpc) is 3.68. The Bertz CT molecular complexity index is 2140. The minimum absolute atomic E-state index is 0.0548. The second-order valence-electron chi connectivity index (χ2n) is 10.4. The molecule has 0 saturated carbocycles. The maximum absolute atomic E-state index is 13.7. The van der Waals surface area contributed by atoms with Crippen molar-refractivity contribution in [2.75, 3.05) is 52.6 Å². The van der Waals surface area contributed by atoms with Gasteiger partial charge in [-0.05, 0) is 12.1 Å². The van der Waals surface area contributed by atoms with Crippen LogP contribution in [-0.2, 0) is 21.4 Å². The molecule has 21 heteroatoms. The van der Waals surface area contributed by atoms with Crippen LogP contribution in [0.4, 0.5) is 4.79 Å². The van der Waals surface area contributed by atoms with E-state index in [-0.39, 0.29) is 47.4 Å². The molecule has 3 aromatic heterocycles. The lowest BCUT2D eigenvalue weighted by Crippen LogP contribution is -2.40. The third-order valence-corrected chi connectivity index (χ3v) is 7.21. The van der Waals surface area contributed by atoms with Crippen molar-refractivity contribution in [1.29, 1.82) is 0 Å². The number of cyclic esters (lactones) is 1. The number of hydrogen-bond acceptors (Lipinski definition) is 13. The van der Waals surface area contributed by atoms with Crippen molar-refractivity contribution in [1.82, 2.24) is 34.8 Å². The van der Waals surface area contributed by atoms with Gasteiger partial charge in [0.1, 0.15) is 51.0 Å². The summed E-state index contributed by atoms with van der Waals surface area (Å²) in [6, 6.07) is 6.15. The second-order valence-corrected chi connectivity index (χ2v) is 10.4. The quantitative estimate of drug-likeness (QED) is 0.0822. The van der Waals surface area contributed by atoms with Crippen LogP contribution in [0, 0.1) is 0 Å². The molecular formula is C29H29N7O14. The summed E-state index contributed by atoms with van der Waals surface area (Å²) in [6.07, 6.45) is 0.595. The molecule has 1 aromatic carbocycles. The number of carboxylic acids is 2. The van der Waals surface area contributed by atoms with Crippen LogP contribution in [0.2, 0.25) is 0 Å². The van der Waals surface area contributed by atoms with Gasteiger partial charge in [-0.1, -0.05) is 12.1 Å². The van der Waals surface area contributed by atoms with E-state index in [1.807, 2.05) is 5.32 Å². The normalized spacial score (nSPS) is 12.5. The molecule has 0 spiro atoms. The molecule has 5 N–H and O–H groups in total. The molecule has 50 heavy (non-hydrogen) atoms. The van der Waals surface area contributed by atoms with Crippen molar-refractivity contribution < 1.29 is 58.4 Å². The molecule has 1 aliphatic rings. The van der Waals surface area contributed by atoms with Gasteiger partial charge < -0.3 is 50.0 Å². The van der Waals surface area contributed by atoms with Crippen molar-refractivity contribution in [3.63, 3.8) is 0 Å². The molecule has 4 aromatic rings. The van der Waals surface area contributed by atoms with Gasteiger partial charge in [0.05, 0.1) is 30.2 Å². The van der Waals surface area contributed by atoms with Gasteiger partial charge in [0.25, 0.3) is 17.4 Å². The van der Waals surface area contributed by atoms with Crippen LogP contribution in [0.25, 0.3) is 21.9 Å². The fourth-order valence-corrected chi connectivity index (χ4v) is 4.99. The number of aromatic nitrogens is 4. The molecule has 0 atom stereocenters. The van der Waals surface area contributed by atoms with Crippen molar-refractivity contribution in [3.8, 4) is 11.5 Å². The zero-order valence-electron chi connectivity index (χ0n) is 26.1. The number of carbonyl (C=O) groups is 5. The summed E-state index contributed by atoms with van der Waals surface area (Å²) >= 11 is 0. The van der Waals surface area contributed by atoms with Gasteiger partial charge in [-0.25, -0.2) is 9.48 Å². The number of aliphatic carboxylic acids is 2. The molecule has 21 nitrogen and oxygen atoms in total. The van der Waals surface area contributed by atoms with Crippen LogP contribution in [0.3, 0.4) is 0 Å². The van der Waals surface area contributed by atoms with Crippen LogP contribution in [0.15, 0.2) is 40.1 Å². The zero-order valence-corrected chi connectivity index (χ0v) is 26.1. The van der Waals surface area contributed by atoms with Crippen LogP contribution in [0.5, 0.6) is 11.5 Å². The van der Waals surface area contributed by atoms with E-state index < -0.39 is 84.1 Å². The maximum atomic E-state index is 13.7. The number of fused-ring (bicyclic) bond motifs is 2. The summed E-state index contributed by atoms with van der Waals surface area (Å²) in [6.45, 7) is -2.21. The summed E-state index contributed by atoms with van der Waals surface area (Å²) in [5.74, 6) is -6.13. The Morgan fingerprint density at radius 1 is 0.880 bits per heavy atom. The van der Waals surface area contributed by atoms with Crippen LogP contribution < -0.4 is 36.2 Å². The topological polar surface area (TPSA) is 272 Å². The predicted molar refractivity (Wildman–Crippen MR) is 166 cm³/mol. The van der Waals surface area contributed by atoms with Gasteiger partial charge in [-0.2, -0.15) is 5.10 Å². The summed E-state index contributed by atoms with van der Waals surface area (Å²) in [5, 5.41) is 36.9. The number of nitrogens with zero attached hydrogens (tertiary/aromatic N) is 5. The number of aryl methyl sites for hydroxylation is 1. The smallest absolute Gasteiger partial charge is 0.410 e. The Kier molecular flexibility index (Phi) is 10.0. The molecule has 0 radical (unpaired) electrons. The molecule has 0 aliphatic carbocycles. The Hall–Kier alpha value is -6.80. The van der Waals surface area contributed by atoms with E-state index in [0.29, 0.717) is 11.3 Å². The summed E-state index contributed by atoms with van der Waals surface area (Å²) in [4.78, 5) is 99.5. The van der Waals surface area contributed by atoms with E-state index in [2.05, 4.69) is 10.4 Å². The maximum Gasteiger partial charge on any atom is 0.410 e. The Labute approximate surface area is 278 Å². The van der Waals surface area contributed by atoms with Gasteiger partial charge in [0.2, 0.25) is 0 Å². The van der Waals surface area contributed by atoms with Crippen LogP contribution in [0.1, 0.15) is 20.7 Å². The van der Waals surface area contributed by atoms with Gasteiger partial charge >= 0.3 is 23.6 Å². The Balaban J connectivity index is 1.45. The molecule has 0 bridgehead atoms. The average molecular weight is 700 g/mol. The molecule has 3 amide bonds. The van der Waals surface area contributed by atoms with Crippen molar-refractivity contribution >= 4 is 51.8 Å². The monoisotopic (exact) mass is 699 g/mol. The molecule has 0 unspecified atom stereocenters. The Morgan fingerprint density at radius 2 is 1.52 bits per heavy atom. The van der Waals surface area contributed by atoms with Crippen molar-refractivity contribution in [2.24, 2.45) is 7.05 Å². The minimum Gasteiger partial charge on any atom is -0.506 e. The van der Waals surface area contributed by atoms with Crippen LogP contribution >= 0.6 is 0 Å². The SMILES string of the molecule is Cn1ncc2c(O)c(C(=O)NCC(=O)O)c(=O)n(OCCOc3c(C(=O)NCC(=O)O)c(=O)n(OCCN4CCOC4=O)c4ccccc34)c21. The highest BCUT2D eigenvalue weighted by Gasteiger charge is 2.28. The van der Waals surface area contributed by atoms with Gasteiger partial charge in [0, 0.05) is 12.4 Å². The highest BCUT2D eigenvalue weighted by Crippen LogP contribution is 2.28. The predicted octanol–water partition coefficient (Wildman–Crippen LogP) is -2.23. The number of aromatic hydroxyl groups is 1. The highest BCUT2D eigenvalue weighted by molar-refractivity contribution is 6.04. The summed E-state index contributed by atoms with van der Waals surface area (Å²) in [5.41, 5.74) is -3.56. The number of ether oxygens (including phenoxy) is 2. The van der Waals surface area contributed by atoms with Crippen molar-refractivity contribution in [3.05, 3.63) is 62.3 Å². The first-order chi connectivity index (χ1) is 23.9. The zero-order chi connectivity index (χ0) is 36.1. The fraction of sp³-hybridized carbons (Fsp3) is 0.310. The third kappa shape index (κ3) is 6.90. The van der Waals surface area contributed by atoms with Gasteiger partial charge in [0.15, 0.2) is 16.8 Å². The van der Waals surface area contributed by atoms with E-state index in [1.54, 1.807) is 12.1 Å². The number of nitrogens with one attached hydrogen (secondary N) is 2. The molecule has 1 saturated heterocycles. The van der Waals surface area contributed by atoms with Gasteiger partial charge in [-0.15, -0.1) is 9.46 Å². The number of hydrogen-bond donors (Lipinski definition) is 5. The first kappa shape index (κ1) is 34.5. The number of carboxylic acid groups (broad SMARTS) is 2. The highest BCUT2D eigenvalue weighted by atomic mass is 16.7. The molecular weight excluding hydrogens is 670 g/mol. The number of rotatable bonds is 15.